The van der Waals surface area contributed by atoms with Crippen LogP contribution in [-0.2, 0) is 16.6 Å². The van der Waals surface area contributed by atoms with Gasteiger partial charge in [0.2, 0.25) is 10.0 Å². The lowest BCUT2D eigenvalue weighted by Crippen LogP contribution is -2.25. The van der Waals surface area contributed by atoms with Crippen LogP contribution in [0.15, 0.2) is 83.4 Å². The summed E-state index contributed by atoms with van der Waals surface area (Å²) in [5, 5.41) is 4.68. The zero-order valence-corrected chi connectivity index (χ0v) is 23.9. The summed E-state index contributed by atoms with van der Waals surface area (Å²) in [5.74, 6) is 0.215. The van der Waals surface area contributed by atoms with E-state index < -0.39 is 10.0 Å². The van der Waals surface area contributed by atoms with Crippen molar-refractivity contribution in [2.75, 3.05) is 24.7 Å². The summed E-state index contributed by atoms with van der Waals surface area (Å²) in [4.78, 5) is 19.7. The number of aldehydes is 1. The molecule has 0 bridgehead atoms. The van der Waals surface area contributed by atoms with Crippen molar-refractivity contribution in [1.29, 1.82) is 0 Å². The lowest BCUT2D eigenvalue weighted by Gasteiger charge is -2.21. The Morgan fingerprint density at radius 1 is 1.00 bits per heavy atom. The van der Waals surface area contributed by atoms with Gasteiger partial charge in [-0.05, 0) is 66.7 Å². The van der Waals surface area contributed by atoms with Crippen LogP contribution >= 0.6 is 0 Å². The molecule has 212 valence electrons. The van der Waals surface area contributed by atoms with Crippen LogP contribution in [0.5, 0.6) is 0 Å². The quantitative estimate of drug-likeness (QED) is 0.202. The molecule has 6 aromatic rings. The second kappa shape index (κ2) is 10.6. The molecule has 0 atom stereocenters. The maximum atomic E-state index is 13.7. The number of carbonyl (C=O) groups is 1. The number of hydrogen-bond acceptors (Lipinski definition) is 6. The number of rotatable bonds is 8. The molecule has 0 saturated heterocycles. The monoisotopic (exact) mass is 582 g/mol. The van der Waals surface area contributed by atoms with E-state index in [0.717, 1.165) is 40.0 Å². The smallest absolute Gasteiger partial charge is 0.232 e. The molecule has 0 amide bonds. The molecule has 0 aliphatic heterocycles. The van der Waals surface area contributed by atoms with Crippen molar-refractivity contribution in [2.24, 2.45) is 0 Å². The van der Waals surface area contributed by atoms with Gasteiger partial charge in [-0.1, -0.05) is 18.2 Å². The van der Waals surface area contributed by atoms with Crippen LogP contribution < -0.4 is 9.62 Å². The third-order valence-corrected chi connectivity index (χ3v) is 8.59. The van der Waals surface area contributed by atoms with Crippen molar-refractivity contribution >= 4 is 44.0 Å². The Balaban J connectivity index is 1.60. The van der Waals surface area contributed by atoms with E-state index in [-0.39, 0.29) is 5.82 Å². The van der Waals surface area contributed by atoms with Crippen LogP contribution in [0.2, 0.25) is 0 Å². The first-order chi connectivity index (χ1) is 20.2. The van der Waals surface area contributed by atoms with Crippen LogP contribution in [0.3, 0.4) is 0 Å². The highest BCUT2D eigenvalue weighted by Crippen LogP contribution is 2.42. The Kier molecular flexibility index (Phi) is 6.88. The lowest BCUT2D eigenvalue weighted by molar-refractivity contribution is 0.112. The van der Waals surface area contributed by atoms with Gasteiger partial charge >= 0.3 is 0 Å². The summed E-state index contributed by atoms with van der Waals surface area (Å²) in [6, 6.07) is 20.9. The molecule has 42 heavy (non-hydrogen) atoms. The fraction of sp³-hybridized carbons (Fsp3) is 0.125. The van der Waals surface area contributed by atoms with E-state index in [2.05, 4.69) is 15.3 Å². The van der Waals surface area contributed by atoms with Crippen molar-refractivity contribution in [3.63, 3.8) is 0 Å². The van der Waals surface area contributed by atoms with E-state index in [9.17, 15) is 17.6 Å². The highest BCUT2D eigenvalue weighted by Gasteiger charge is 2.23. The third-order valence-electron chi connectivity index (χ3n) is 7.40. The first-order valence-corrected chi connectivity index (χ1v) is 15.0. The fourth-order valence-corrected chi connectivity index (χ4v) is 5.78. The molecule has 0 spiro atoms. The number of carbonyl (C=O) groups excluding carboxylic acids is 1. The van der Waals surface area contributed by atoms with Gasteiger partial charge in [0, 0.05) is 58.9 Å². The number of halogens is 1. The third kappa shape index (κ3) is 4.74. The number of pyridine rings is 1. The summed E-state index contributed by atoms with van der Waals surface area (Å²) in [6.45, 7) is 0.464. The number of sulfonamides is 1. The number of anilines is 1. The van der Waals surface area contributed by atoms with Gasteiger partial charge in [0.15, 0.2) is 6.29 Å². The van der Waals surface area contributed by atoms with Gasteiger partial charge in [-0.15, -0.1) is 0 Å². The molecule has 3 heterocycles. The van der Waals surface area contributed by atoms with E-state index >= 15 is 0 Å². The van der Waals surface area contributed by atoms with Crippen LogP contribution in [0.4, 0.5) is 10.1 Å². The van der Waals surface area contributed by atoms with Crippen molar-refractivity contribution in [1.82, 2.24) is 15.3 Å². The number of fused-ring (bicyclic) bond motifs is 2. The minimum Gasteiger partial charge on any atom is -0.456 e. The van der Waals surface area contributed by atoms with Crippen molar-refractivity contribution in [3.05, 3.63) is 95.9 Å². The highest BCUT2D eigenvalue weighted by molar-refractivity contribution is 7.92. The molecule has 6 rings (SSSR count). The first kappa shape index (κ1) is 27.4. The summed E-state index contributed by atoms with van der Waals surface area (Å²) >= 11 is 0. The van der Waals surface area contributed by atoms with Crippen molar-refractivity contribution < 1.29 is 22.0 Å². The number of nitrogens with zero attached hydrogens (tertiary/aromatic N) is 2. The van der Waals surface area contributed by atoms with E-state index in [0.29, 0.717) is 51.6 Å². The summed E-state index contributed by atoms with van der Waals surface area (Å²) in [5.41, 5.74) is 6.33. The number of nitrogens with one attached hydrogen (secondary N) is 2. The van der Waals surface area contributed by atoms with Gasteiger partial charge in [0.25, 0.3) is 0 Å². The predicted octanol–water partition coefficient (Wildman–Crippen LogP) is 6.38. The maximum Gasteiger partial charge on any atom is 0.232 e. The minimum absolute atomic E-state index is 0.354. The Morgan fingerprint density at radius 3 is 2.48 bits per heavy atom. The summed E-state index contributed by atoms with van der Waals surface area (Å²) in [7, 11) is -0.320. The van der Waals surface area contributed by atoms with Gasteiger partial charge in [-0.2, -0.15) is 0 Å². The molecule has 0 aliphatic rings. The SMILES string of the molecule is CNCc1c(-c2ccc(F)cc2)oc2cc(N(C)S(C)(=O)=O)c(-c3cccc(-c4[nH]c5ncccc5c4C=O)c3)cc12. The number of aromatic amines is 1. The average Bonchev–Trinajstić information content (AvgIpc) is 3.54. The topological polar surface area (TPSA) is 108 Å². The van der Waals surface area contributed by atoms with E-state index in [1.54, 1.807) is 30.5 Å². The molecule has 0 fully saturated rings. The number of H-pyrrole nitrogens is 1. The molecular formula is C32H27FN4O4S. The zero-order valence-electron chi connectivity index (χ0n) is 23.1. The second-order valence-electron chi connectivity index (χ2n) is 10.1. The fourth-order valence-electron chi connectivity index (χ4n) is 5.28. The number of hydrogen-bond donors (Lipinski definition) is 2. The predicted molar refractivity (Wildman–Crippen MR) is 164 cm³/mol. The van der Waals surface area contributed by atoms with Gasteiger partial charge in [0.05, 0.1) is 17.6 Å². The van der Waals surface area contributed by atoms with Crippen LogP contribution in [0.25, 0.3) is 55.7 Å². The molecule has 0 unspecified atom stereocenters. The van der Waals surface area contributed by atoms with E-state index in [1.165, 1.54) is 23.5 Å². The standard InChI is InChI=1S/C32H27FN4O4S/c1-34-17-26-25-15-24(20-6-4-7-21(14-20)30-27(18-38)23-8-5-13-35-32(23)36-30)28(37(2)42(3,39)40)16-29(25)41-31(26)19-9-11-22(33)12-10-19/h4-16,18,34H,17H2,1-3H3,(H,35,36). The summed E-state index contributed by atoms with van der Waals surface area (Å²) in [6.07, 6.45) is 3.61. The Hall–Kier alpha value is -4.80. The van der Waals surface area contributed by atoms with Crippen molar-refractivity contribution in [2.45, 2.75) is 6.54 Å². The zero-order chi connectivity index (χ0) is 29.6. The number of furan rings is 1. The van der Waals surface area contributed by atoms with Gasteiger partial charge < -0.3 is 14.7 Å². The molecule has 3 aromatic carbocycles. The molecule has 0 aliphatic carbocycles. The normalized spacial score (nSPS) is 11.8. The van der Waals surface area contributed by atoms with Gasteiger partial charge in [-0.25, -0.2) is 17.8 Å². The lowest BCUT2D eigenvalue weighted by atomic mass is 9.96. The largest absolute Gasteiger partial charge is 0.456 e. The Labute approximate surface area is 241 Å². The number of benzene rings is 3. The average molecular weight is 583 g/mol. The van der Waals surface area contributed by atoms with Crippen LogP contribution in [0.1, 0.15) is 15.9 Å². The van der Waals surface area contributed by atoms with Crippen LogP contribution in [0, 0.1) is 5.82 Å². The van der Waals surface area contributed by atoms with Crippen molar-refractivity contribution in [3.8, 4) is 33.7 Å². The van der Waals surface area contributed by atoms with E-state index in [4.69, 9.17) is 4.42 Å². The molecular weight excluding hydrogens is 555 g/mol. The van der Waals surface area contributed by atoms with Crippen LogP contribution in [-0.4, -0.2) is 45.0 Å². The summed E-state index contributed by atoms with van der Waals surface area (Å²) < 4.78 is 46.7. The number of aromatic nitrogens is 2. The molecule has 0 radical (unpaired) electrons. The highest BCUT2D eigenvalue weighted by atomic mass is 32.2. The van der Waals surface area contributed by atoms with Gasteiger partial charge in [0.1, 0.15) is 22.8 Å². The second-order valence-corrected chi connectivity index (χ2v) is 12.1. The molecule has 8 nitrogen and oxygen atoms in total. The maximum absolute atomic E-state index is 13.7. The Bertz CT molecular complexity index is 2080. The molecule has 0 saturated carbocycles. The molecule has 2 N–H and O–H groups in total. The van der Waals surface area contributed by atoms with Gasteiger partial charge in [-0.3, -0.25) is 9.10 Å². The minimum atomic E-state index is -3.64. The Morgan fingerprint density at radius 2 is 1.76 bits per heavy atom. The molecule has 10 heteroatoms. The molecule has 3 aromatic heterocycles. The first-order valence-electron chi connectivity index (χ1n) is 13.2. The van der Waals surface area contributed by atoms with E-state index in [1.807, 2.05) is 43.4 Å².